The standard InChI is InChI=1S/C30H29F4N9O6/c1-2-21-23(40-8-10-41(11-9-40)27(47)25(45)38-28-35-7-14-49-28)26(46)43-29(37-24(39-43)17-5-12-48-13-6-17)42(21)16-22(44)36-20-4-3-18(15-19(20)31)30(32,33)34/h3-5,7,14-15H,2,6,8-13,16H2,1H3,(H,36,44)(H,35,38,45). The number of ether oxygens (including phenoxy) is 1. The Morgan fingerprint density at radius 1 is 1.08 bits per heavy atom. The molecule has 49 heavy (non-hydrogen) atoms. The van der Waals surface area contributed by atoms with E-state index in [2.05, 4.69) is 25.7 Å². The largest absolute Gasteiger partial charge is 0.432 e. The number of hydrogen-bond acceptors (Lipinski definition) is 10. The predicted octanol–water partition coefficient (Wildman–Crippen LogP) is 2.33. The Morgan fingerprint density at radius 2 is 1.86 bits per heavy atom. The Kier molecular flexibility index (Phi) is 9.18. The SMILES string of the molecule is CCc1c(N2CCN(C(=O)C(=O)Nc3ncco3)CC2)c(=O)n2nc(C3=CCOCC3)nc2n1CC(=O)Nc1ccc(C(F)(F)F)cc1F. The Bertz CT molecular complexity index is 2000. The first-order valence-corrected chi connectivity index (χ1v) is 15.2. The molecular formula is C30H29F4N9O6. The summed E-state index contributed by atoms with van der Waals surface area (Å²) >= 11 is 0. The third kappa shape index (κ3) is 6.87. The van der Waals surface area contributed by atoms with Crippen LogP contribution in [0.2, 0.25) is 0 Å². The normalized spacial score (nSPS) is 15.3. The zero-order chi connectivity index (χ0) is 34.9. The minimum atomic E-state index is -4.77. The molecule has 0 saturated carbocycles. The molecule has 2 aliphatic heterocycles. The highest BCUT2D eigenvalue weighted by Gasteiger charge is 2.33. The first-order valence-electron chi connectivity index (χ1n) is 15.2. The topological polar surface area (TPSA) is 169 Å². The molecule has 19 heteroatoms. The average molecular weight is 688 g/mol. The van der Waals surface area contributed by atoms with Gasteiger partial charge in [-0.15, -0.1) is 5.10 Å². The molecule has 0 radical (unpaired) electrons. The van der Waals surface area contributed by atoms with Crippen LogP contribution in [0.1, 0.15) is 30.4 Å². The van der Waals surface area contributed by atoms with E-state index in [0.29, 0.717) is 31.4 Å². The first-order chi connectivity index (χ1) is 23.4. The fourth-order valence-corrected chi connectivity index (χ4v) is 5.63. The monoisotopic (exact) mass is 687 g/mol. The van der Waals surface area contributed by atoms with Gasteiger partial charge in [0.05, 0.1) is 36.4 Å². The summed E-state index contributed by atoms with van der Waals surface area (Å²) in [5.74, 6) is -3.57. The molecular weight excluding hydrogens is 658 g/mol. The van der Waals surface area contributed by atoms with Crippen LogP contribution in [0.5, 0.6) is 0 Å². The van der Waals surface area contributed by atoms with Crippen molar-refractivity contribution >= 4 is 46.5 Å². The van der Waals surface area contributed by atoms with Gasteiger partial charge in [0, 0.05) is 26.2 Å². The van der Waals surface area contributed by atoms with Gasteiger partial charge in [-0.1, -0.05) is 13.0 Å². The lowest BCUT2D eigenvalue weighted by molar-refractivity contribution is -0.143. The maximum Gasteiger partial charge on any atom is 0.416 e. The van der Waals surface area contributed by atoms with Gasteiger partial charge in [-0.2, -0.15) is 22.7 Å². The lowest BCUT2D eigenvalue weighted by Gasteiger charge is -2.36. The third-order valence-electron chi connectivity index (χ3n) is 8.01. The second kappa shape index (κ2) is 13.5. The number of anilines is 3. The number of benzene rings is 1. The Balaban J connectivity index is 1.31. The quantitative estimate of drug-likeness (QED) is 0.217. The van der Waals surface area contributed by atoms with Crippen molar-refractivity contribution in [3.63, 3.8) is 0 Å². The van der Waals surface area contributed by atoms with Crippen LogP contribution in [-0.4, -0.2) is 86.2 Å². The maximum absolute atomic E-state index is 14.6. The van der Waals surface area contributed by atoms with Crippen LogP contribution < -0.4 is 21.1 Å². The van der Waals surface area contributed by atoms with Crippen molar-refractivity contribution in [3.8, 4) is 0 Å². The van der Waals surface area contributed by atoms with E-state index >= 15 is 0 Å². The number of hydrogen-bond donors (Lipinski definition) is 2. The summed E-state index contributed by atoms with van der Waals surface area (Å²) in [6.07, 6.45) is 0.256. The van der Waals surface area contributed by atoms with Gasteiger partial charge in [0.25, 0.3) is 5.56 Å². The van der Waals surface area contributed by atoms with Gasteiger partial charge in [0.15, 0.2) is 5.82 Å². The van der Waals surface area contributed by atoms with Gasteiger partial charge in [0.1, 0.15) is 24.3 Å². The van der Waals surface area contributed by atoms with Gasteiger partial charge in [-0.05, 0) is 36.6 Å². The maximum atomic E-state index is 14.6. The predicted molar refractivity (Wildman–Crippen MR) is 164 cm³/mol. The van der Waals surface area contributed by atoms with Crippen molar-refractivity contribution < 1.29 is 41.1 Å². The molecule has 0 atom stereocenters. The molecule has 2 N–H and O–H groups in total. The molecule has 4 aromatic rings. The van der Waals surface area contributed by atoms with Crippen LogP contribution in [0, 0.1) is 5.82 Å². The number of carbonyl (C=O) groups excluding carboxylic acids is 3. The van der Waals surface area contributed by atoms with E-state index in [9.17, 15) is 36.7 Å². The van der Waals surface area contributed by atoms with Crippen LogP contribution in [0.15, 0.2) is 45.9 Å². The molecule has 258 valence electrons. The number of rotatable bonds is 7. The van der Waals surface area contributed by atoms with Crippen LogP contribution in [0.3, 0.4) is 0 Å². The van der Waals surface area contributed by atoms with Crippen molar-refractivity contribution in [2.24, 2.45) is 0 Å². The molecule has 2 aliphatic rings. The smallest absolute Gasteiger partial charge is 0.416 e. The molecule has 1 fully saturated rings. The van der Waals surface area contributed by atoms with Crippen molar-refractivity contribution in [1.82, 2.24) is 29.0 Å². The molecule has 0 unspecified atom stereocenters. The molecule has 0 aliphatic carbocycles. The molecule has 3 amide bonds. The number of oxazole rings is 1. The third-order valence-corrected chi connectivity index (χ3v) is 8.01. The minimum absolute atomic E-state index is 0.0213. The summed E-state index contributed by atoms with van der Waals surface area (Å²) in [6.45, 7) is 2.41. The lowest BCUT2D eigenvalue weighted by Crippen LogP contribution is -2.53. The second-order valence-electron chi connectivity index (χ2n) is 11.1. The fraction of sp³-hybridized carbons (Fsp3) is 0.367. The highest BCUT2D eigenvalue weighted by Crippen LogP contribution is 2.31. The van der Waals surface area contributed by atoms with E-state index in [-0.39, 0.29) is 62.0 Å². The highest BCUT2D eigenvalue weighted by atomic mass is 19.4. The van der Waals surface area contributed by atoms with Crippen molar-refractivity contribution in [3.05, 3.63) is 70.0 Å². The molecule has 0 bridgehead atoms. The Morgan fingerprint density at radius 3 is 2.49 bits per heavy atom. The van der Waals surface area contributed by atoms with E-state index in [0.717, 1.165) is 16.2 Å². The van der Waals surface area contributed by atoms with Crippen LogP contribution in [0.25, 0.3) is 11.4 Å². The van der Waals surface area contributed by atoms with Crippen molar-refractivity contribution in [1.29, 1.82) is 0 Å². The zero-order valence-corrected chi connectivity index (χ0v) is 25.9. The lowest BCUT2D eigenvalue weighted by atomic mass is 10.1. The van der Waals surface area contributed by atoms with Crippen LogP contribution in [-0.2, 0) is 38.3 Å². The second-order valence-corrected chi connectivity index (χ2v) is 11.1. The highest BCUT2D eigenvalue weighted by molar-refractivity contribution is 6.39. The summed E-state index contributed by atoms with van der Waals surface area (Å²) < 4.78 is 66.6. The molecule has 1 aromatic carbocycles. The first kappa shape index (κ1) is 33.3. The fourth-order valence-electron chi connectivity index (χ4n) is 5.63. The minimum Gasteiger partial charge on any atom is -0.432 e. The van der Waals surface area contributed by atoms with Crippen molar-refractivity contribution in [2.75, 3.05) is 54.9 Å². The van der Waals surface area contributed by atoms with Gasteiger partial charge in [0.2, 0.25) is 11.7 Å². The summed E-state index contributed by atoms with van der Waals surface area (Å²) in [7, 11) is 0. The number of nitrogens with one attached hydrogen (secondary N) is 2. The molecule has 0 spiro atoms. The molecule has 15 nitrogen and oxygen atoms in total. The van der Waals surface area contributed by atoms with Gasteiger partial charge >= 0.3 is 24.0 Å². The van der Waals surface area contributed by atoms with Crippen LogP contribution >= 0.6 is 0 Å². The van der Waals surface area contributed by atoms with Gasteiger partial charge < -0.3 is 28.8 Å². The summed E-state index contributed by atoms with van der Waals surface area (Å²) in [6, 6.07) is 1.63. The zero-order valence-electron chi connectivity index (χ0n) is 25.9. The van der Waals surface area contributed by atoms with Gasteiger partial charge in [-0.3, -0.25) is 24.5 Å². The van der Waals surface area contributed by atoms with Gasteiger partial charge in [-0.25, -0.2) is 9.37 Å². The number of carbonyl (C=O) groups is 3. The number of nitrogens with zero attached hydrogens (tertiary/aromatic N) is 7. The number of alkyl halides is 3. The number of aromatic nitrogens is 5. The Labute approximate surface area is 274 Å². The van der Waals surface area contributed by atoms with E-state index in [4.69, 9.17) is 9.15 Å². The van der Waals surface area contributed by atoms with Crippen molar-refractivity contribution in [2.45, 2.75) is 32.5 Å². The average Bonchev–Trinajstić information content (AvgIpc) is 3.77. The van der Waals surface area contributed by atoms with E-state index in [1.807, 2.05) is 0 Å². The Hall–Kier alpha value is -5.59. The molecule has 3 aromatic heterocycles. The number of fused-ring (bicyclic) bond motifs is 1. The molecule has 6 rings (SSSR count). The van der Waals surface area contributed by atoms with E-state index in [1.165, 1.54) is 21.9 Å². The number of amides is 3. The van der Waals surface area contributed by atoms with E-state index < -0.39 is 53.1 Å². The molecule has 1 saturated heterocycles. The van der Waals surface area contributed by atoms with E-state index in [1.54, 1.807) is 17.9 Å². The summed E-state index contributed by atoms with van der Waals surface area (Å²) in [5.41, 5.74) is -0.926. The number of piperazine rings is 1. The summed E-state index contributed by atoms with van der Waals surface area (Å²) in [4.78, 5) is 64.0. The van der Waals surface area contributed by atoms with Crippen LogP contribution in [0.4, 0.5) is 35.0 Å². The summed E-state index contributed by atoms with van der Waals surface area (Å²) in [5, 5.41) is 9.05. The molecule has 5 heterocycles. The number of halogens is 4.